The Labute approximate surface area is 115 Å². The number of likely N-dealkylation sites (tertiary alicyclic amines) is 1. The summed E-state index contributed by atoms with van der Waals surface area (Å²) in [7, 11) is 0. The van der Waals surface area contributed by atoms with Crippen LogP contribution in [0.2, 0.25) is 0 Å². The van der Waals surface area contributed by atoms with Gasteiger partial charge in [0.25, 0.3) is 0 Å². The second kappa shape index (κ2) is 6.31. The van der Waals surface area contributed by atoms with E-state index in [2.05, 4.69) is 4.90 Å². The van der Waals surface area contributed by atoms with Gasteiger partial charge in [0, 0.05) is 19.0 Å². The molecule has 0 amide bonds. The molecular weight excluding hydrogens is 238 g/mol. The average Bonchev–Trinajstić information content (AvgIpc) is 2.42. The maximum absolute atomic E-state index is 12.5. The van der Waals surface area contributed by atoms with Gasteiger partial charge in [0.15, 0.2) is 5.78 Å². The number of aliphatic hydroxyl groups excluding tert-OH is 1. The van der Waals surface area contributed by atoms with E-state index in [0.717, 1.165) is 31.5 Å². The highest BCUT2D eigenvalue weighted by atomic mass is 16.3. The molecule has 1 saturated heterocycles. The molecule has 1 unspecified atom stereocenters. The molecule has 1 aliphatic heterocycles. The molecule has 0 aromatic heterocycles. The lowest BCUT2D eigenvalue weighted by Gasteiger charge is -2.36. The van der Waals surface area contributed by atoms with Crippen LogP contribution >= 0.6 is 0 Å². The van der Waals surface area contributed by atoms with Crippen molar-refractivity contribution in [2.75, 3.05) is 13.1 Å². The Hall–Kier alpha value is -1.19. The number of carbonyl (C=O) groups excluding carboxylic acids is 1. The van der Waals surface area contributed by atoms with Crippen molar-refractivity contribution in [3.8, 4) is 0 Å². The zero-order chi connectivity index (χ0) is 13.8. The molecule has 1 aliphatic rings. The van der Waals surface area contributed by atoms with Crippen LogP contribution < -0.4 is 0 Å². The van der Waals surface area contributed by atoms with Crippen molar-refractivity contribution in [3.63, 3.8) is 0 Å². The lowest BCUT2D eigenvalue weighted by molar-refractivity contribution is -0.128. The minimum absolute atomic E-state index is 0.0251. The Morgan fingerprint density at radius 3 is 2.32 bits per heavy atom. The van der Waals surface area contributed by atoms with Gasteiger partial charge >= 0.3 is 0 Å². The van der Waals surface area contributed by atoms with Crippen LogP contribution in [-0.2, 0) is 4.79 Å². The third-order valence-electron chi connectivity index (χ3n) is 3.82. The molecule has 3 heteroatoms. The lowest BCUT2D eigenvalue weighted by Crippen LogP contribution is -2.42. The molecule has 1 aromatic rings. The summed E-state index contributed by atoms with van der Waals surface area (Å²) in [6, 6.07) is 9.82. The highest BCUT2D eigenvalue weighted by Gasteiger charge is 2.31. The molecule has 0 aliphatic carbocycles. The smallest absolute Gasteiger partial charge is 0.157 e. The fraction of sp³-hybridized carbons (Fsp3) is 0.562. The number of aliphatic hydroxyl groups is 1. The minimum atomic E-state index is -0.207. The van der Waals surface area contributed by atoms with Crippen LogP contribution in [-0.4, -0.2) is 35.0 Å². The van der Waals surface area contributed by atoms with Crippen molar-refractivity contribution in [3.05, 3.63) is 35.9 Å². The maximum atomic E-state index is 12.5. The van der Waals surface area contributed by atoms with Gasteiger partial charge in [-0.1, -0.05) is 44.2 Å². The van der Waals surface area contributed by atoms with Crippen LogP contribution in [0.15, 0.2) is 30.3 Å². The van der Waals surface area contributed by atoms with Crippen LogP contribution in [0.4, 0.5) is 0 Å². The summed E-state index contributed by atoms with van der Waals surface area (Å²) in [4.78, 5) is 14.7. The van der Waals surface area contributed by atoms with Crippen LogP contribution in [0, 0.1) is 5.92 Å². The number of rotatable bonds is 4. The van der Waals surface area contributed by atoms with Crippen LogP contribution in [0.5, 0.6) is 0 Å². The van der Waals surface area contributed by atoms with Crippen molar-refractivity contribution in [1.29, 1.82) is 0 Å². The molecule has 1 heterocycles. The summed E-state index contributed by atoms with van der Waals surface area (Å²) in [5.74, 6) is 0.291. The van der Waals surface area contributed by atoms with Gasteiger partial charge in [-0.25, -0.2) is 0 Å². The molecule has 1 fully saturated rings. The Bertz CT molecular complexity index is 408. The fourth-order valence-electron chi connectivity index (χ4n) is 2.65. The number of Topliss-reactive ketones (excluding diaryl/α,β-unsaturated/α-hetero) is 1. The number of hydrogen-bond donors (Lipinski definition) is 1. The highest BCUT2D eigenvalue weighted by Crippen LogP contribution is 2.27. The normalized spacial score (nSPS) is 19.6. The molecule has 0 radical (unpaired) electrons. The fourth-order valence-corrected chi connectivity index (χ4v) is 2.65. The molecule has 1 N–H and O–H groups in total. The third-order valence-corrected chi connectivity index (χ3v) is 3.82. The average molecular weight is 261 g/mol. The van der Waals surface area contributed by atoms with Gasteiger partial charge in [-0.3, -0.25) is 9.69 Å². The number of carbonyl (C=O) groups is 1. The molecule has 0 saturated carbocycles. The van der Waals surface area contributed by atoms with Crippen molar-refractivity contribution in [1.82, 2.24) is 4.90 Å². The van der Waals surface area contributed by atoms with E-state index in [9.17, 15) is 9.90 Å². The zero-order valence-electron chi connectivity index (χ0n) is 11.7. The van der Waals surface area contributed by atoms with Crippen molar-refractivity contribution in [2.45, 2.75) is 38.8 Å². The van der Waals surface area contributed by atoms with Gasteiger partial charge in [-0.2, -0.15) is 0 Å². The molecule has 19 heavy (non-hydrogen) atoms. The second-order valence-corrected chi connectivity index (χ2v) is 5.64. The van der Waals surface area contributed by atoms with Gasteiger partial charge in [0.1, 0.15) is 0 Å². The van der Waals surface area contributed by atoms with Gasteiger partial charge < -0.3 is 5.11 Å². The Morgan fingerprint density at radius 2 is 1.79 bits per heavy atom. The molecule has 1 atom stereocenters. The van der Waals surface area contributed by atoms with E-state index in [1.165, 1.54) is 0 Å². The second-order valence-electron chi connectivity index (χ2n) is 5.64. The Kier molecular flexibility index (Phi) is 4.72. The zero-order valence-corrected chi connectivity index (χ0v) is 11.7. The first kappa shape index (κ1) is 14.2. The predicted octanol–water partition coefficient (Wildman–Crippen LogP) is 2.41. The Morgan fingerprint density at radius 1 is 1.21 bits per heavy atom. The molecule has 3 nitrogen and oxygen atoms in total. The van der Waals surface area contributed by atoms with E-state index in [1.54, 1.807) is 0 Å². The number of hydrogen-bond acceptors (Lipinski definition) is 3. The molecule has 0 spiro atoms. The van der Waals surface area contributed by atoms with Gasteiger partial charge in [-0.15, -0.1) is 0 Å². The third kappa shape index (κ3) is 3.43. The predicted molar refractivity (Wildman–Crippen MR) is 75.8 cm³/mol. The summed E-state index contributed by atoms with van der Waals surface area (Å²) in [6.45, 7) is 5.49. The van der Waals surface area contributed by atoms with Crippen LogP contribution in [0.3, 0.4) is 0 Å². The number of ketones is 1. The van der Waals surface area contributed by atoms with Gasteiger partial charge in [0.05, 0.1) is 12.1 Å². The monoisotopic (exact) mass is 261 g/mol. The largest absolute Gasteiger partial charge is 0.393 e. The van der Waals surface area contributed by atoms with E-state index < -0.39 is 0 Å². The van der Waals surface area contributed by atoms with Gasteiger partial charge in [-0.05, 0) is 18.4 Å². The first-order chi connectivity index (χ1) is 9.09. The number of piperidine rings is 1. The first-order valence-electron chi connectivity index (χ1n) is 7.10. The van der Waals surface area contributed by atoms with Crippen molar-refractivity contribution >= 4 is 5.78 Å². The van der Waals surface area contributed by atoms with E-state index in [0.29, 0.717) is 0 Å². The summed E-state index contributed by atoms with van der Waals surface area (Å²) >= 11 is 0. The summed E-state index contributed by atoms with van der Waals surface area (Å²) in [5, 5.41) is 9.62. The quantitative estimate of drug-likeness (QED) is 0.905. The van der Waals surface area contributed by atoms with Crippen molar-refractivity contribution in [2.24, 2.45) is 5.92 Å². The summed E-state index contributed by atoms with van der Waals surface area (Å²) in [6.07, 6.45) is 1.31. The standard InChI is InChI=1S/C16H23NO2/c1-12(2)16(19)15(13-6-4-3-5-7-13)17-10-8-14(18)9-11-17/h3-7,12,14-15,18H,8-11H2,1-2H3. The number of nitrogens with zero attached hydrogens (tertiary/aromatic N) is 1. The van der Waals surface area contributed by atoms with E-state index in [-0.39, 0.29) is 23.8 Å². The molecule has 0 bridgehead atoms. The molecule has 1 aromatic carbocycles. The Balaban J connectivity index is 2.22. The van der Waals surface area contributed by atoms with E-state index >= 15 is 0 Å². The van der Waals surface area contributed by atoms with Gasteiger partial charge in [0.2, 0.25) is 0 Å². The van der Waals surface area contributed by atoms with Crippen LogP contribution in [0.25, 0.3) is 0 Å². The summed E-state index contributed by atoms with van der Waals surface area (Å²) < 4.78 is 0. The highest BCUT2D eigenvalue weighted by molar-refractivity contribution is 5.86. The van der Waals surface area contributed by atoms with Crippen LogP contribution in [0.1, 0.15) is 38.3 Å². The minimum Gasteiger partial charge on any atom is -0.393 e. The summed E-state index contributed by atoms with van der Waals surface area (Å²) in [5.41, 5.74) is 1.07. The topological polar surface area (TPSA) is 40.5 Å². The van der Waals surface area contributed by atoms with Crippen molar-refractivity contribution < 1.29 is 9.90 Å². The number of benzene rings is 1. The van der Waals surface area contributed by atoms with E-state index in [4.69, 9.17) is 0 Å². The molecule has 104 valence electrons. The van der Waals surface area contributed by atoms with E-state index in [1.807, 2.05) is 44.2 Å². The lowest BCUT2D eigenvalue weighted by atomic mass is 9.92. The molecular formula is C16H23NO2. The maximum Gasteiger partial charge on any atom is 0.157 e. The first-order valence-corrected chi connectivity index (χ1v) is 7.10. The molecule has 2 rings (SSSR count). The SMILES string of the molecule is CC(C)C(=O)C(c1ccccc1)N1CCC(O)CC1.